The molecule has 0 amide bonds. The van der Waals surface area contributed by atoms with Crippen molar-refractivity contribution >= 4 is 23.5 Å². The molecule has 10 nitrogen and oxygen atoms in total. The molecule has 176 valence electrons. The van der Waals surface area contributed by atoms with Crippen LogP contribution in [0.25, 0.3) is 0 Å². The molecule has 10 heteroatoms. The van der Waals surface area contributed by atoms with Crippen molar-refractivity contribution in [1.82, 2.24) is 0 Å². The number of rotatable bonds is 12. The van der Waals surface area contributed by atoms with Gasteiger partial charge in [-0.1, -0.05) is 36.8 Å². The summed E-state index contributed by atoms with van der Waals surface area (Å²) in [6.45, 7) is -0.390. The number of carbonyl (C=O) groups is 4. The summed E-state index contributed by atoms with van der Waals surface area (Å²) < 4.78 is 5.37. The summed E-state index contributed by atoms with van der Waals surface area (Å²) in [4.78, 5) is 52.0. The van der Waals surface area contributed by atoms with Crippen LogP contribution in [0.4, 0.5) is 0 Å². The molecule has 4 atom stereocenters. The van der Waals surface area contributed by atoms with Gasteiger partial charge < -0.3 is 32.8 Å². The third kappa shape index (κ3) is 4.58. The van der Waals surface area contributed by atoms with Crippen LogP contribution in [-0.4, -0.2) is 53.3 Å². The Morgan fingerprint density at radius 1 is 1.12 bits per heavy atom. The third-order valence-corrected chi connectivity index (χ3v) is 6.26. The molecule has 1 fully saturated rings. The number of Topliss-reactive ketones (excluding diaryl/α,β-unsaturated/α-hetero) is 2. The summed E-state index contributed by atoms with van der Waals surface area (Å²) in [5.74, 6) is -5.68. The Kier molecular flexibility index (Phi) is 8.62. The van der Waals surface area contributed by atoms with Gasteiger partial charge in [0.05, 0.1) is 18.5 Å². The van der Waals surface area contributed by atoms with Gasteiger partial charge in [-0.2, -0.15) is 0 Å². The summed E-state index contributed by atoms with van der Waals surface area (Å²) in [6, 6.07) is 7.60. The van der Waals surface area contributed by atoms with Crippen molar-refractivity contribution in [3.63, 3.8) is 0 Å². The normalized spacial score (nSPS) is 25.8. The topological polar surface area (TPSA) is 202 Å². The lowest BCUT2D eigenvalue weighted by Crippen LogP contribution is -2.70. The Morgan fingerprint density at radius 2 is 1.78 bits per heavy atom. The molecule has 0 radical (unpaired) electrons. The quantitative estimate of drug-likeness (QED) is 0.157. The highest BCUT2D eigenvalue weighted by molar-refractivity contribution is 6.17. The Hall–Kier alpha value is -2.66. The first kappa shape index (κ1) is 25.6. The molecule has 1 aromatic carbocycles. The molecule has 2 rings (SSSR count). The number of carboxylic acids is 1. The summed E-state index contributed by atoms with van der Waals surface area (Å²) in [5.41, 5.74) is 19.3. The van der Waals surface area contributed by atoms with Gasteiger partial charge in [0.2, 0.25) is 0 Å². The number of esters is 1. The van der Waals surface area contributed by atoms with Gasteiger partial charge in [0.25, 0.3) is 0 Å². The van der Waals surface area contributed by atoms with Crippen molar-refractivity contribution in [3.8, 4) is 0 Å². The third-order valence-electron chi connectivity index (χ3n) is 6.26. The van der Waals surface area contributed by atoms with Gasteiger partial charge >= 0.3 is 11.9 Å². The Bertz CT molecular complexity index is 848. The first-order valence-corrected chi connectivity index (χ1v) is 10.6. The van der Waals surface area contributed by atoms with Crippen molar-refractivity contribution in [1.29, 1.82) is 0 Å². The SMILES string of the molecule is NCCCCC(N)C(=O)C1(C(=O)CN)C(C(=O)OCc2ccccc2)CCC1(N)C(=O)O. The molecule has 0 aromatic heterocycles. The first-order chi connectivity index (χ1) is 15.2. The van der Waals surface area contributed by atoms with E-state index in [1.807, 2.05) is 0 Å². The van der Waals surface area contributed by atoms with Gasteiger partial charge in [0, 0.05) is 0 Å². The minimum Gasteiger partial charge on any atom is -0.480 e. The number of carbonyl (C=O) groups excluding carboxylic acids is 3. The summed E-state index contributed by atoms with van der Waals surface area (Å²) in [6.07, 6.45) is 0.846. The highest BCUT2D eigenvalue weighted by Crippen LogP contribution is 2.52. The fraction of sp³-hybridized carbons (Fsp3) is 0.545. The molecular formula is C22H32N4O6. The van der Waals surface area contributed by atoms with Gasteiger partial charge in [-0.25, -0.2) is 0 Å². The molecule has 0 heterocycles. The van der Waals surface area contributed by atoms with E-state index >= 15 is 0 Å². The largest absolute Gasteiger partial charge is 0.480 e. The number of benzene rings is 1. The van der Waals surface area contributed by atoms with Gasteiger partial charge in [-0.15, -0.1) is 0 Å². The molecule has 32 heavy (non-hydrogen) atoms. The number of unbranched alkanes of at least 4 members (excludes halogenated alkanes) is 1. The molecular weight excluding hydrogens is 416 g/mol. The molecule has 0 aliphatic heterocycles. The van der Waals surface area contributed by atoms with E-state index in [1.54, 1.807) is 30.3 Å². The van der Waals surface area contributed by atoms with Gasteiger partial charge in [-0.05, 0) is 37.8 Å². The second-order valence-electron chi connectivity index (χ2n) is 8.15. The first-order valence-electron chi connectivity index (χ1n) is 10.6. The molecule has 0 bridgehead atoms. The fourth-order valence-electron chi connectivity index (χ4n) is 4.56. The van der Waals surface area contributed by atoms with Gasteiger partial charge in [-0.3, -0.25) is 19.2 Å². The maximum atomic E-state index is 13.6. The van der Waals surface area contributed by atoms with E-state index in [2.05, 4.69) is 0 Å². The average Bonchev–Trinajstić information content (AvgIpc) is 3.12. The van der Waals surface area contributed by atoms with Crippen LogP contribution in [-0.2, 0) is 30.5 Å². The number of carboxylic acid groups (broad SMARTS) is 1. The number of nitrogens with two attached hydrogens (primary N) is 4. The monoisotopic (exact) mass is 448 g/mol. The number of hydrogen-bond acceptors (Lipinski definition) is 9. The number of hydrogen-bond donors (Lipinski definition) is 5. The predicted octanol–water partition coefficient (Wildman–Crippen LogP) is -0.538. The summed E-state index contributed by atoms with van der Waals surface area (Å²) in [7, 11) is 0. The second kappa shape index (κ2) is 10.8. The van der Waals surface area contributed by atoms with E-state index in [0.29, 0.717) is 24.9 Å². The number of ether oxygens (including phenoxy) is 1. The number of aliphatic carboxylic acids is 1. The molecule has 0 spiro atoms. The smallest absolute Gasteiger partial charge is 0.325 e. The van der Waals surface area contributed by atoms with Crippen LogP contribution in [0, 0.1) is 11.3 Å². The standard InChI is InChI=1S/C22H32N4O6/c23-11-5-4-8-16(25)18(28)22(17(27)12-24)15(9-10-21(22,26)20(30)31)19(29)32-13-14-6-2-1-3-7-14/h1-3,6-7,15-16H,4-5,8-13,23-26H2,(H,30,31). The zero-order valence-corrected chi connectivity index (χ0v) is 18.0. The minimum atomic E-state index is -2.41. The van der Waals surface area contributed by atoms with E-state index in [4.69, 9.17) is 27.7 Å². The predicted molar refractivity (Wildman–Crippen MR) is 116 cm³/mol. The zero-order chi connectivity index (χ0) is 23.9. The molecule has 4 unspecified atom stereocenters. The highest BCUT2D eigenvalue weighted by Gasteiger charge is 2.72. The lowest BCUT2D eigenvalue weighted by Gasteiger charge is -2.41. The van der Waals surface area contributed by atoms with Gasteiger partial charge in [0.1, 0.15) is 17.6 Å². The molecule has 9 N–H and O–H groups in total. The fourth-order valence-corrected chi connectivity index (χ4v) is 4.56. The summed E-state index contributed by atoms with van der Waals surface area (Å²) in [5, 5.41) is 9.93. The van der Waals surface area contributed by atoms with Crippen molar-refractivity contribution in [2.45, 2.75) is 50.3 Å². The van der Waals surface area contributed by atoms with Gasteiger partial charge in [0.15, 0.2) is 11.6 Å². The molecule has 1 aromatic rings. The summed E-state index contributed by atoms with van der Waals surface area (Å²) >= 11 is 0. The zero-order valence-electron chi connectivity index (χ0n) is 18.0. The number of ketones is 2. The molecule has 0 saturated heterocycles. The lowest BCUT2D eigenvalue weighted by atomic mass is 9.60. The molecule has 1 aliphatic rings. The van der Waals surface area contributed by atoms with Crippen LogP contribution in [0.1, 0.15) is 37.7 Å². The van der Waals surface area contributed by atoms with Crippen molar-refractivity contribution in [3.05, 3.63) is 35.9 Å². The van der Waals surface area contributed by atoms with Crippen molar-refractivity contribution < 1.29 is 29.0 Å². The van der Waals surface area contributed by atoms with Crippen molar-refractivity contribution in [2.75, 3.05) is 13.1 Å². The highest BCUT2D eigenvalue weighted by atomic mass is 16.5. The maximum absolute atomic E-state index is 13.6. The van der Waals surface area contributed by atoms with Crippen LogP contribution < -0.4 is 22.9 Å². The molecule has 1 aliphatic carbocycles. The average molecular weight is 449 g/mol. The van der Waals surface area contributed by atoms with Crippen molar-refractivity contribution in [2.24, 2.45) is 34.3 Å². The Balaban J connectivity index is 2.46. The van der Waals surface area contributed by atoms with E-state index in [9.17, 15) is 24.3 Å². The van der Waals surface area contributed by atoms with Crippen LogP contribution in [0.5, 0.6) is 0 Å². The maximum Gasteiger partial charge on any atom is 0.325 e. The Labute approximate surface area is 186 Å². The molecule has 1 saturated carbocycles. The second-order valence-corrected chi connectivity index (χ2v) is 8.15. The van der Waals surface area contributed by atoms with E-state index in [0.717, 1.165) is 0 Å². The van der Waals surface area contributed by atoms with Crippen LogP contribution in [0.2, 0.25) is 0 Å². The van der Waals surface area contributed by atoms with E-state index in [-0.39, 0.29) is 25.9 Å². The van der Waals surface area contributed by atoms with Crippen LogP contribution >= 0.6 is 0 Å². The van der Waals surface area contributed by atoms with E-state index in [1.165, 1.54) is 0 Å². The van der Waals surface area contributed by atoms with Crippen LogP contribution in [0.15, 0.2) is 30.3 Å². The lowest BCUT2D eigenvalue weighted by molar-refractivity contribution is -0.169. The Morgan fingerprint density at radius 3 is 2.34 bits per heavy atom. The van der Waals surface area contributed by atoms with E-state index < -0.39 is 53.0 Å². The minimum absolute atomic E-state index is 0.107. The van der Waals surface area contributed by atoms with Crippen LogP contribution in [0.3, 0.4) is 0 Å².